The van der Waals surface area contributed by atoms with Crippen LogP contribution < -0.4 is 0 Å². The van der Waals surface area contributed by atoms with Gasteiger partial charge in [0.15, 0.2) is 0 Å². The van der Waals surface area contributed by atoms with Gasteiger partial charge in [-0.05, 0) is 45.2 Å². The minimum atomic E-state index is -0.520. The van der Waals surface area contributed by atoms with Crippen molar-refractivity contribution in [2.75, 3.05) is 13.1 Å². The van der Waals surface area contributed by atoms with E-state index in [9.17, 15) is 9.59 Å². The minimum Gasteiger partial charge on any atom is -0.444 e. The summed E-state index contributed by atoms with van der Waals surface area (Å²) in [6.07, 6.45) is 6.69. The van der Waals surface area contributed by atoms with Gasteiger partial charge >= 0.3 is 6.09 Å². The molecule has 1 saturated heterocycles. The first-order valence-electron chi connectivity index (χ1n) is 10.9. The Morgan fingerprint density at radius 1 is 1.12 bits per heavy atom. The second-order valence-corrected chi connectivity index (χ2v) is 9.35. The van der Waals surface area contributed by atoms with Crippen LogP contribution in [0.1, 0.15) is 39.4 Å². The molecular formula is C24H29N5O3. The molecule has 32 heavy (non-hydrogen) atoms. The Kier molecular flexibility index (Phi) is 5.95. The summed E-state index contributed by atoms with van der Waals surface area (Å²) in [6.45, 7) is 6.61. The van der Waals surface area contributed by atoms with Crippen molar-refractivity contribution in [2.45, 2.75) is 45.6 Å². The molecule has 1 fully saturated rings. The maximum Gasteiger partial charge on any atom is 0.410 e. The second kappa shape index (κ2) is 8.68. The maximum atomic E-state index is 12.9. The fraction of sp³-hybridized carbons (Fsp3) is 0.458. The summed E-state index contributed by atoms with van der Waals surface area (Å²) in [5.74, 6) is 0.562. The third kappa shape index (κ3) is 5.12. The Morgan fingerprint density at radius 2 is 1.88 bits per heavy atom. The fourth-order valence-corrected chi connectivity index (χ4v) is 3.91. The number of aryl methyl sites for hydroxylation is 1. The number of Topliss-reactive ketones (excluding diaryl/α,β-unsaturated/α-hetero) is 1. The van der Waals surface area contributed by atoms with Crippen LogP contribution in [-0.4, -0.2) is 55.2 Å². The summed E-state index contributed by atoms with van der Waals surface area (Å²) >= 11 is 0. The van der Waals surface area contributed by atoms with E-state index in [1.54, 1.807) is 15.8 Å². The summed E-state index contributed by atoms with van der Waals surface area (Å²) < 4.78 is 7.19. The predicted molar refractivity (Wildman–Crippen MR) is 121 cm³/mol. The average molecular weight is 436 g/mol. The molecule has 0 bridgehead atoms. The van der Waals surface area contributed by atoms with Crippen LogP contribution in [0.2, 0.25) is 0 Å². The van der Waals surface area contributed by atoms with Gasteiger partial charge in [0.2, 0.25) is 0 Å². The number of ketones is 1. The van der Waals surface area contributed by atoms with Gasteiger partial charge in [-0.2, -0.15) is 5.10 Å². The lowest BCUT2D eigenvalue weighted by molar-refractivity contribution is -0.123. The average Bonchev–Trinajstić information content (AvgIpc) is 3.18. The van der Waals surface area contributed by atoms with E-state index < -0.39 is 5.60 Å². The number of likely N-dealkylation sites (tertiary alicyclic amines) is 1. The summed E-state index contributed by atoms with van der Waals surface area (Å²) in [5.41, 5.74) is 2.33. The molecule has 4 rings (SSSR count). The zero-order chi connectivity index (χ0) is 22.9. The highest BCUT2D eigenvalue weighted by atomic mass is 16.6. The monoisotopic (exact) mass is 435 g/mol. The van der Waals surface area contributed by atoms with E-state index in [-0.39, 0.29) is 24.2 Å². The zero-order valence-electron chi connectivity index (χ0n) is 19.0. The highest BCUT2D eigenvalue weighted by Crippen LogP contribution is 2.24. The third-order valence-electron chi connectivity index (χ3n) is 5.61. The summed E-state index contributed by atoms with van der Waals surface area (Å²) in [4.78, 5) is 35.8. The molecule has 0 unspecified atom stereocenters. The fourth-order valence-electron chi connectivity index (χ4n) is 3.91. The van der Waals surface area contributed by atoms with E-state index in [0.29, 0.717) is 31.8 Å². The Labute approximate surface area is 187 Å². The molecule has 1 aromatic carbocycles. The molecule has 3 heterocycles. The molecule has 0 radical (unpaired) electrons. The number of hydrogen-bond acceptors (Lipinski definition) is 6. The molecule has 1 aliphatic rings. The highest BCUT2D eigenvalue weighted by Gasteiger charge is 2.30. The summed E-state index contributed by atoms with van der Waals surface area (Å²) in [6, 6.07) is 6.00. The van der Waals surface area contributed by atoms with Gasteiger partial charge in [0.25, 0.3) is 0 Å². The first-order chi connectivity index (χ1) is 15.2. The lowest BCUT2D eigenvalue weighted by Crippen LogP contribution is -2.43. The normalized spacial score (nSPS) is 15.2. The van der Waals surface area contributed by atoms with Gasteiger partial charge in [-0.3, -0.25) is 9.48 Å². The second-order valence-electron chi connectivity index (χ2n) is 9.35. The molecule has 1 amide bonds. The lowest BCUT2D eigenvalue weighted by atomic mass is 9.91. The van der Waals surface area contributed by atoms with Crippen LogP contribution in [0.3, 0.4) is 0 Å². The van der Waals surface area contributed by atoms with E-state index in [4.69, 9.17) is 4.74 Å². The molecule has 0 N–H and O–H groups in total. The SMILES string of the molecule is Cn1cc(-c2ccc3cnc(CC(=O)C4CCN(C(=O)OC(C)(C)C)CC4)nc3c2)cn1. The van der Waals surface area contributed by atoms with Crippen LogP contribution in [0, 0.1) is 5.92 Å². The van der Waals surface area contributed by atoms with Gasteiger partial charge in [0.1, 0.15) is 17.2 Å². The van der Waals surface area contributed by atoms with Crippen molar-refractivity contribution in [1.29, 1.82) is 0 Å². The van der Waals surface area contributed by atoms with Crippen LogP contribution in [0.25, 0.3) is 22.0 Å². The van der Waals surface area contributed by atoms with Crippen molar-refractivity contribution in [3.8, 4) is 11.1 Å². The van der Waals surface area contributed by atoms with Gasteiger partial charge in [-0.25, -0.2) is 14.8 Å². The number of fused-ring (bicyclic) bond motifs is 1. The quantitative estimate of drug-likeness (QED) is 0.619. The standard InChI is InChI=1S/C24H29N5O3/c1-24(2,3)32-23(31)29-9-7-16(8-10-29)21(30)12-22-25-13-18-6-5-17(11-20(18)27-22)19-14-26-28(4)15-19/h5-6,11,13-16H,7-10,12H2,1-4H3. The number of amides is 1. The van der Waals surface area contributed by atoms with E-state index in [2.05, 4.69) is 15.1 Å². The third-order valence-corrected chi connectivity index (χ3v) is 5.61. The summed E-state index contributed by atoms with van der Waals surface area (Å²) in [5, 5.41) is 5.15. The van der Waals surface area contributed by atoms with Crippen molar-refractivity contribution in [3.63, 3.8) is 0 Å². The van der Waals surface area contributed by atoms with Gasteiger partial charge in [0.05, 0.1) is 18.1 Å². The Balaban J connectivity index is 1.40. The molecular weight excluding hydrogens is 406 g/mol. The van der Waals surface area contributed by atoms with Crippen molar-refractivity contribution in [2.24, 2.45) is 13.0 Å². The Morgan fingerprint density at radius 3 is 2.53 bits per heavy atom. The summed E-state index contributed by atoms with van der Waals surface area (Å²) in [7, 11) is 1.88. The first kappa shape index (κ1) is 21.9. The molecule has 0 saturated carbocycles. The van der Waals surface area contributed by atoms with E-state index in [1.807, 2.05) is 58.4 Å². The van der Waals surface area contributed by atoms with Crippen LogP contribution in [0.4, 0.5) is 4.79 Å². The van der Waals surface area contributed by atoms with E-state index in [1.165, 1.54) is 0 Å². The molecule has 168 valence electrons. The number of carbonyl (C=O) groups excluding carboxylic acids is 2. The van der Waals surface area contributed by atoms with Crippen molar-refractivity contribution in [1.82, 2.24) is 24.6 Å². The molecule has 0 aliphatic carbocycles. The molecule has 2 aromatic heterocycles. The van der Waals surface area contributed by atoms with Crippen LogP contribution in [-0.2, 0) is 23.0 Å². The number of benzene rings is 1. The van der Waals surface area contributed by atoms with Crippen LogP contribution in [0.15, 0.2) is 36.8 Å². The molecule has 0 spiro atoms. The number of aromatic nitrogens is 4. The highest BCUT2D eigenvalue weighted by molar-refractivity contribution is 5.85. The number of rotatable bonds is 4. The van der Waals surface area contributed by atoms with Crippen molar-refractivity contribution >= 4 is 22.8 Å². The smallest absolute Gasteiger partial charge is 0.410 e. The maximum absolute atomic E-state index is 12.9. The molecule has 3 aromatic rings. The molecule has 0 atom stereocenters. The Hall–Kier alpha value is -3.29. The number of carbonyl (C=O) groups is 2. The number of piperidine rings is 1. The zero-order valence-corrected chi connectivity index (χ0v) is 19.0. The van der Waals surface area contributed by atoms with Gasteiger partial charge in [-0.1, -0.05) is 12.1 Å². The van der Waals surface area contributed by atoms with E-state index >= 15 is 0 Å². The topological polar surface area (TPSA) is 90.2 Å². The Bertz CT molecular complexity index is 1140. The molecule has 8 heteroatoms. The van der Waals surface area contributed by atoms with Crippen LogP contribution in [0.5, 0.6) is 0 Å². The van der Waals surface area contributed by atoms with Gasteiger partial charge in [-0.15, -0.1) is 0 Å². The number of hydrogen-bond donors (Lipinski definition) is 0. The number of nitrogens with zero attached hydrogens (tertiary/aromatic N) is 5. The first-order valence-corrected chi connectivity index (χ1v) is 10.9. The van der Waals surface area contributed by atoms with E-state index in [0.717, 1.165) is 22.0 Å². The molecule has 1 aliphatic heterocycles. The lowest BCUT2D eigenvalue weighted by Gasteiger charge is -2.32. The minimum absolute atomic E-state index is 0.0882. The van der Waals surface area contributed by atoms with Crippen molar-refractivity contribution in [3.05, 3.63) is 42.6 Å². The molecule has 8 nitrogen and oxygen atoms in total. The largest absolute Gasteiger partial charge is 0.444 e. The van der Waals surface area contributed by atoms with Gasteiger partial charge < -0.3 is 9.64 Å². The van der Waals surface area contributed by atoms with Crippen molar-refractivity contribution < 1.29 is 14.3 Å². The number of ether oxygens (including phenoxy) is 1. The van der Waals surface area contributed by atoms with Crippen LogP contribution >= 0.6 is 0 Å². The predicted octanol–water partition coefficient (Wildman–Crippen LogP) is 3.79. The van der Waals surface area contributed by atoms with Gasteiger partial charge in [0, 0.05) is 49.4 Å².